The molecule has 1 amide bonds. The number of nitrogens with zero attached hydrogens (tertiary/aromatic N) is 1. The fourth-order valence-electron chi connectivity index (χ4n) is 3.39. The Morgan fingerprint density at radius 2 is 1.85 bits per heavy atom. The third-order valence-electron chi connectivity index (χ3n) is 4.96. The van der Waals surface area contributed by atoms with Gasteiger partial charge in [-0.1, -0.05) is 12.1 Å². The molecule has 1 saturated heterocycles. The van der Waals surface area contributed by atoms with Gasteiger partial charge in [0.2, 0.25) is 0 Å². The number of carbonyl (C=O) groups is 1. The van der Waals surface area contributed by atoms with E-state index in [-0.39, 0.29) is 18.1 Å². The van der Waals surface area contributed by atoms with Crippen molar-refractivity contribution < 1.29 is 18.8 Å². The third kappa shape index (κ3) is 7.26. The molecular formula is C21H33NO4S. The second-order valence-corrected chi connectivity index (χ2v) is 9.74. The van der Waals surface area contributed by atoms with Crippen LogP contribution >= 0.6 is 0 Å². The summed E-state index contributed by atoms with van der Waals surface area (Å²) in [5.41, 5.74) is 0.730. The maximum Gasteiger partial charge on any atom is 0.410 e. The van der Waals surface area contributed by atoms with Crippen LogP contribution in [0.3, 0.4) is 0 Å². The number of hydrogen-bond acceptors (Lipinski definition) is 4. The van der Waals surface area contributed by atoms with Gasteiger partial charge >= 0.3 is 6.09 Å². The summed E-state index contributed by atoms with van der Waals surface area (Å²) in [6.45, 7) is 6.91. The van der Waals surface area contributed by atoms with E-state index in [0.29, 0.717) is 13.1 Å². The molecule has 1 aromatic rings. The van der Waals surface area contributed by atoms with Gasteiger partial charge in [-0.25, -0.2) is 4.79 Å². The van der Waals surface area contributed by atoms with Crippen LogP contribution in [0.4, 0.5) is 4.79 Å². The topological polar surface area (TPSA) is 66.8 Å². The summed E-state index contributed by atoms with van der Waals surface area (Å²) < 4.78 is 16.8. The van der Waals surface area contributed by atoms with Crippen LogP contribution in [0.25, 0.3) is 0 Å². The Labute approximate surface area is 165 Å². The number of likely N-dealkylation sites (tertiary alicyclic amines) is 1. The van der Waals surface area contributed by atoms with Crippen molar-refractivity contribution >= 4 is 16.9 Å². The molecule has 27 heavy (non-hydrogen) atoms. The summed E-state index contributed by atoms with van der Waals surface area (Å²) in [7, 11) is -0.943. The minimum Gasteiger partial charge on any atom is -0.444 e. The zero-order chi connectivity index (χ0) is 20.0. The molecule has 6 heteroatoms. The Balaban J connectivity index is 1.70. The number of benzene rings is 1. The molecular weight excluding hydrogens is 362 g/mol. The summed E-state index contributed by atoms with van der Waals surface area (Å²) in [4.78, 5) is 14.7. The molecule has 1 heterocycles. The van der Waals surface area contributed by atoms with Crippen LogP contribution in [0.2, 0.25) is 0 Å². The molecule has 0 bridgehead atoms. The minimum absolute atomic E-state index is 0.244. The van der Waals surface area contributed by atoms with E-state index >= 15 is 0 Å². The molecule has 5 nitrogen and oxygen atoms in total. The van der Waals surface area contributed by atoms with E-state index in [4.69, 9.17) is 4.74 Å². The van der Waals surface area contributed by atoms with Crippen molar-refractivity contribution in [2.75, 3.05) is 19.3 Å². The quantitative estimate of drug-likeness (QED) is 0.796. The monoisotopic (exact) mass is 395 g/mol. The first kappa shape index (κ1) is 21.9. The SMILES string of the molecule is CS(=O)c1ccc(CCCC(O)C2CCN(C(=O)OC(C)(C)C)CC2)cc1. The Morgan fingerprint density at radius 1 is 1.26 bits per heavy atom. The molecule has 2 atom stereocenters. The van der Waals surface area contributed by atoms with Gasteiger partial charge in [0.05, 0.1) is 6.10 Å². The van der Waals surface area contributed by atoms with Crippen LogP contribution in [-0.4, -0.2) is 51.4 Å². The molecule has 1 N–H and O–H groups in total. The maximum absolute atomic E-state index is 12.1. The van der Waals surface area contributed by atoms with Crippen molar-refractivity contribution in [1.82, 2.24) is 4.90 Å². The van der Waals surface area contributed by atoms with Crippen LogP contribution in [0.15, 0.2) is 29.2 Å². The van der Waals surface area contributed by atoms with E-state index in [0.717, 1.165) is 37.0 Å². The highest BCUT2D eigenvalue weighted by Crippen LogP contribution is 2.25. The van der Waals surface area contributed by atoms with Gasteiger partial charge in [-0.3, -0.25) is 4.21 Å². The van der Waals surface area contributed by atoms with Crippen molar-refractivity contribution in [3.8, 4) is 0 Å². The van der Waals surface area contributed by atoms with E-state index in [2.05, 4.69) is 0 Å². The maximum atomic E-state index is 12.1. The van der Waals surface area contributed by atoms with Gasteiger partial charge in [-0.2, -0.15) is 0 Å². The Hall–Kier alpha value is -1.40. The normalized spacial score (nSPS) is 18.2. The molecule has 1 aliphatic rings. The number of rotatable bonds is 6. The van der Waals surface area contributed by atoms with Crippen LogP contribution in [-0.2, 0) is 22.0 Å². The Morgan fingerprint density at radius 3 is 2.37 bits per heavy atom. The molecule has 1 fully saturated rings. The smallest absolute Gasteiger partial charge is 0.410 e. The average Bonchev–Trinajstić information content (AvgIpc) is 2.60. The Kier molecular flexibility index (Phi) is 7.86. The van der Waals surface area contributed by atoms with Crippen molar-refractivity contribution in [1.29, 1.82) is 0 Å². The predicted molar refractivity (Wildman–Crippen MR) is 108 cm³/mol. The van der Waals surface area contributed by atoms with Crippen molar-refractivity contribution in [2.45, 2.75) is 69.5 Å². The lowest BCUT2D eigenvalue weighted by atomic mass is 9.88. The van der Waals surface area contributed by atoms with E-state index in [1.54, 1.807) is 11.2 Å². The Bertz CT molecular complexity index is 631. The van der Waals surface area contributed by atoms with Crippen molar-refractivity contribution in [2.24, 2.45) is 5.92 Å². The van der Waals surface area contributed by atoms with E-state index in [1.165, 1.54) is 5.56 Å². The molecule has 0 saturated carbocycles. The largest absolute Gasteiger partial charge is 0.444 e. The number of aliphatic hydroxyl groups is 1. The van der Waals surface area contributed by atoms with Crippen molar-refractivity contribution in [3.63, 3.8) is 0 Å². The van der Waals surface area contributed by atoms with E-state index in [9.17, 15) is 14.1 Å². The molecule has 0 radical (unpaired) electrons. The van der Waals surface area contributed by atoms with Gasteiger partial charge in [-0.05, 0) is 76.5 Å². The molecule has 0 aliphatic carbocycles. The molecule has 0 aromatic heterocycles. The first-order valence-electron chi connectivity index (χ1n) is 9.74. The number of amides is 1. The lowest BCUT2D eigenvalue weighted by Crippen LogP contribution is -2.43. The molecule has 1 aromatic carbocycles. The number of aryl methyl sites for hydroxylation is 1. The highest BCUT2D eigenvalue weighted by molar-refractivity contribution is 7.84. The summed E-state index contributed by atoms with van der Waals surface area (Å²) in [6.07, 6.45) is 5.32. The summed E-state index contributed by atoms with van der Waals surface area (Å²) in [5.74, 6) is 0.244. The number of hydrogen-bond donors (Lipinski definition) is 1. The second kappa shape index (κ2) is 9.69. The van der Waals surface area contributed by atoms with Gasteiger partial charge in [0, 0.05) is 35.0 Å². The summed E-state index contributed by atoms with van der Waals surface area (Å²) in [5, 5.41) is 10.5. The highest BCUT2D eigenvalue weighted by atomic mass is 32.2. The summed E-state index contributed by atoms with van der Waals surface area (Å²) >= 11 is 0. The minimum atomic E-state index is -0.943. The van der Waals surface area contributed by atoms with Crippen LogP contribution in [0.5, 0.6) is 0 Å². The fourth-order valence-corrected chi connectivity index (χ4v) is 3.91. The second-order valence-electron chi connectivity index (χ2n) is 8.36. The first-order chi connectivity index (χ1) is 12.7. The number of ether oxygens (including phenoxy) is 1. The average molecular weight is 396 g/mol. The first-order valence-corrected chi connectivity index (χ1v) is 11.3. The standard InChI is InChI=1S/C21H33NO4S/c1-21(2,3)26-20(24)22-14-12-17(13-15-22)19(23)7-5-6-16-8-10-18(11-9-16)27(4)25/h8-11,17,19,23H,5-7,12-15H2,1-4H3. The molecule has 0 spiro atoms. The number of piperidine rings is 1. The van der Waals surface area contributed by atoms with Crippen LogP contribution in [0, 0.1) is 5.92 Å². The zero-order valence-electron chi connectivity index (χ0n) is 16.9. The van der Waals surface area contributed by atoms with Crippen molar-refractivity contribution in [3.05, 3.63) is 29.8 Å². The van der Waals surface area contributed by atoms with Crippen LogP contribution < -0.4 is 0 Å². The van der Waals surface area contributed by atoms with Crippen LogP contribution in [0.1, 0.15) is 52.0 Å². The molecule has 2 rings (SSSR count). The number of carbonyl (C=O) groups excluding carboxylic acids is 1. The van der Waals surface area contributed by atoms with E-state index < -0.39 is 16.4 Å². The summed E-state index contributed by atoms with van der Waals surface area (Å²) in [6, 6.07) is 7.85. The molecule has 152 valence electrons. The highest BCUT2D eigenvalue weighted by Gasteiger charge is 2.29. The lowest BCUT2D eigenvalue weighted by Gasteiger charge is -2.35. The van der Waals surface area contributed by atoms with Gasteiger partial charge in [0.25, 0.3) is 0 Å². The predicted octanol–water partition coefficient (Wildman–Crippen LogP) is 3.75. The van der Waals surface area contributed by atoms with Gasteiger partial charge in [-0.15, -0.1) is 0 Å². The fraction of sp³-hybridized carbons (Fsp3) is 0.667. The molecule has 2 unspecified atom stereocenters. The third-order valence-corrected chi connectivity index (χ3v) is 5.89. The molecule has 1 aliphatic heterocycles. The van der Waals surface area contributed by atoms with Gasteiger partial charge in [0.1, 0.15) is 5.60 Å². The van der Waals surface area contributed by atoms with E-state index in [1.807, 2.05) is 45.0 Å². The number of aliphatic hydroxyl groups excluding tert-OH is 1. The lowest BCUT2D eigenvalue weighted by molar-refractivity contribution is 0.00665. The van der Waals surface area contributed by atoms with Gasteiger partial charge < -0.3 is 14.7 Å². The van der Waals surface area contributed by atoms with Gasteiger partial charge in [0.15, 0.2) is 0 Å². The zero-order valence-corrected chi connectivity index (χ0v) is 17.8.